The molecule has 0 atom stereocenters. The Morgan fingerprint density at radius 1 is 0.871 bits per heavy atom. The SMILES string of the molecule is Cc1nn(Cc2ccccc2)c(C)c1CNCc1c(C)nn(-c2ccc(F)cc2)c1Cl. The number of benzene rings is 2. The summed E-state index contributed by atoms with van der Waals surface area (Å²) >= 11 is 6.59. The molecule has 7 heteroatoms. The molecule has 160 valence electrons. The van der Waals surface area contributed by atoms with E-state index in [9.17, 15) is 4.39 Å². The molecular weight excluding hydrogens is 413 g/mol. The van der Waals surface area contributed by atoms with Crippen molar-refractivity contribution >= 4 is 11.6 Å². The molecule has 0 aliphatic heterocycles. The van der Waals surface area contributed by atoms with Crippen molar-refractivity contribution in [2.45, 2.75) is 40.4 Å². The van der Waals surface area contributed by atoms with Gasteiger partial charge in [0.15, 0.2) is 0 Å². The lowest BCUT2D eigenvalue weighted by molar-refractivity contribution is 0.627. The van der Waals surface area contributed by atoms with E-state index in [0.29, 0.717) is 18.2 Å². The van der Waals surface area contributed by atoms with Gasteiger partial charge in [-0.3, -0.25) is 4.68 Å². The van der Waals surface area contributed by atoms with Gasteiger partial charge in [0.1, 0.15) is 11.0 Å². The molecule has 0 saturated heterocycles. The van der Waals surface area contributed by atoms with Crippen LogP contribution in [0.5, 0.6) is 0 Å². The first kappa shape index (κ1) is 21.3. The van der Waals surface area contributed by atoms with Crippen molar-refractivity contribution in [3.63, 3.8) is 0 Å². The second-order valence-electron chi connectivity index (χ2n) is 7.64. The van der Waals surface area contributed by atoms with Crippen molar-refractivity contribution in [2.75, 3.05) is 0 Å². The van der Waals surface area contributed by atoms with E-state index in [1.165, 1.54) is 23.3 Å². The van der Waals surface area contributed by atoms with Crippen molar-refractivity contribution < 1.29 is 4.39 Å². The highest BCUT2D eigenvalue weighted by Crippen LogP contribution is 2.24. The van der Waals surface area contributed by atoms with E-state index >= 15 is 0 Å². The fourth-order valence-electron chi connectivity index (χ4n) is 3.70. The lowest BCUT2D eigenvalue weighted by Crippen LogP contribution is -2.15. The number of nitrogens with one attached hydrogen (secondary N) is 1. The summed E-state index contributed by atoms with van der Waals surface area (Å²) < 4.78 is 16.9. The van der Waals surface area contributed by atoms with Crippen LogP contribution < -0.4 is 5.32 Å². The van der Waals surface area contributed by atoms with Gasteiger partial charge in [-0.15, -0.1) is 0 Å². The van der Waals surface area contributed by atoms with Crippen LogP contribution in [0.2, 0.25) is 5.15 Å². The molecule has 0 spiro atoms. The average molecular weight is 438 g/mol. The normalized spacial score (nSPS) is 11.3. The third kappa shape index (κ3) is 4.55. The molecule has 0 saturated carbocycles. The van der Waals surface area contributed by atoms with Crippen LogP contribution in [0, 0.1) is 26.6 Å². The molecule has 4 rings (SSSR count). The number of hydrogen-bond donors (Lipinski definition) is 1. The van der Waals surface area contributed by atoms with Crippen LogP contribution in [0.3, 0.4) is 0 Å². The minimum Gasteiger partial charge on any atom is -0.308 e. The van der Waals surface area contributed by atoms with E-state index in [2.05, 4.69) is 29.5 Å². The summed E-state index contributed by atoms with van der Waals surface area (Å²) in [6.45, 7) is 8.08. The predicted octanol–water partition coefficient (Wildman–Crippen LogP) is 5.12. The Labute approximate surface area is 186 Å². The lowest BCUT2D eigenvalue weighted by atomic mass is 10.2. The van der Waals surface area contributed by atoms with E-state index in [-0.39, 0.29) is 5.82 Å². The Morgan fingerprint density at radius 3 is 2.23 bits per heavy atom. The third-order valence-corrected chi connectivity index (χ3v) is 5.89. The first-order valence-electron chi connectivity index (χ1n) is 10.2. The molecule has 1 N–H and O–H groups in total. The molecule has 0 unspecified atom stereocenters. The first-order valence-corrected chi connectivity index (χ1v) is 10.6. The summed E-state index contributed by atoms with van der Waals surface area (Å²) in [7, 11) is 0. The van der Waals surface area contributed by atoms with Crippen LogP contribution in [-0.4, -0.2) is 19.6 Å². The van der Waals surface area contributed by atoms with Crippen LogP contribution in [0.1, 0.15) is 33.8 Å². The van der Waals surface area contributed by atoms with Gasteiger partial charge in [-0.25, -0.2) is 9.07 Å². The quantitative estimate of drug-likeness (QED) is 0.436. The Bertz CT molecular complexity index is 1180. The molecule has 2 heterocycles. The molecule has 0 fully saturated rings. The summed E-state index contributed by atoms with van der Waals surface area (Å²) in [6, 6.07) is 16.5. The van der Waals surface area contributed by atoms with Crippen molar-refractivity contribution in [3.05, 3.63) is 99.3 Å². The summed E-state index contributed by atoms with van der Waals surface area (Å²) in [5.41, 5.74) is 7.09. The Hall–Kier alpha value is -2.96. The number of aromatic nitrogens is 4. The molecule has 0 amide bonds. The largest absolute Gasteiger partial charge is 0.308 e. The van der Waals surface area contributed by atoms with Crippen LogP contribution >= 0.6 is 11.6 Å². The molecule has 4 aromatic rings. The van der Waals surface area contributed by atoms with E-state index in [0.717, 1.165) is 34.9 Å². The fourth-order valence-corrected chi connectivity index (χ4v) is 4.04. The number of rotatable bonds is 7. The number of halogens is 2. The Balaban J connectivity index is 1.46. The summed E-state index contributed by atoms with van der Waals surface area (Å²) in [5.74, 6) is -0.288. The predicted molar refractivity (Wildman–Crippen MR) is 121 cm³/mol. The van der Waals surface area contributed by atoms with Crippen LogP contribution in [0.25, 0.3) is 5.69 Å². The molecule has 31 heavy (non-hydrogen) atoms. The standard InChI is InChI=1S/C24H25ClFN5/c1-16-22(18(3)30(28-16)15-19-7-5-4-6-8-19)13-27-14-23-17(2)29-31(24(23)25)21-11-9-20(26)10-12-21/h4-12,27H,13-15H2,1-3H3. The highest BCUT2D eigenvalue weighted by atomic mass is 35.5. The maximum atomic E-state index is 13.2. The molecule has 2 aromatic carbocycles. The van der Waals surface area contributed by atoms with Crippen molar-refractivity contribution in [1.29, 1.82) is 0 Å². The molecule has 0 bridgehead atoms. The maximum absolute atomic E-state index is 13.2. The Kier molecular flexibility index (Phi) is 6.20. The zero-order valence-corrected chi connectivity index (χ0v) is 18.6. The molecule has 0 aliphatic carbocycles. The van der Waals surface area contributed by atoms with Gasteiger partial charge in [-0.2, -0.15) is 10.2 Å². The molecule has 5 nitrogen and oxygen atoms in total. The minimum atomic E-state index is -0.288. The van der Waals surface area contributed by atoms with Gasteiger partial charge in [-0.1, -0.05) is 41.9 Å². The second-order valence-corrected chi connectivity index (χ2v) is 8.00. The minimum absolute atomic E-state index is 0.288. The van der Waals surface area contributed by atoms with Gasteiger partial charge in [-0.05, 0) is 50.6 Å². The highest BCUT2D eigenvalue weighted by molar-refractivity contribution is 6.30. The zero-order valence-electron chi connectivity index (χ0n) is 17.9. The Morgan fingerprint density at radius 2 is 1.52 bits per heavy atom. The van der Waals surface area contributed by atoms with Crippen molar-refractivity contribution in [2.24, 2.45) is 0 Å². The van der Waals surface area contributed by atoms with E-state index in [1.807, 2.05) is 36.7 Å². The summed E-state index contributed by atoms with van der Waals surface area (Å²) in [6.07, 6.45) is 0. The van der Waals surface area contributed by atoms with E-state index < -0.39 is 0 Å². The van der Waals surface area contributed by atoms with E-state index in [4.69, 9.17) is 16.7 Å². The maximum Gasteiger partial charge on any atom is 0.137 e. The van der Waals surface area contributed by atoms with E-state index in [1.54, 1.807) is 16.8 Å². The van der Waals surface area contributed by atoms with Crippen molar-refractivity contribution in [3.8, 4) is 5.69 Å². The molecule has 0 radical (unpaired) electrons. The van der Waals surface area contributed by atoms with Crippen molar-refractivity contribution in [1.82, 2.24) is 24.9 Å². The first-order chi connectivity index (χ1) is 14.9. The summed E-state index contributed by atoms with van der Waals surface area (Å²) in [4.78, 5) is 0. The number of aryl methyl sites for hydroxylation is 2. The lowest BCUT2D eigenvalue weighted by Gasteiger charge is -2.08. The van der Waals surface area contributed by atoms with Gasteiger partial charge in [0.05, 0.1) is 23.6 Å². The van der Waals surface area contributed by atoms with Gasteiger partial charge in [0.2, 0.25) is 0 Å². The number of nitrogens with zero attached hydrogens (tertiary/aromatic N) is 4. The van der Waals surface area contributed by atoms with Gasteiger partial charge in [0, 0.05) is 29.9 Å². The average Bonchev–Trinajstić information content (AvgIpc) is 3.19. The highest BCUT2D eigenvalue weighted by Gasteiger charge is 2.16. The third-order valence-electron chi connectivity index (χ3n) is 5.50. The molecule has 2 aromatic heterocycles. The van der Waals surface area contributed by atoms with Gasteiger partial charge < -0.3 is 5.32 Å². The smallest absolute Gasteiger partial charge is 0.137 e. The van der Waals surface area contributed by atoms with Crippen LogP contribution in [0.15, 0.2) is 54.6 Å². The zero-order chi connectivity index (χ0) is 22.0. The van der Waals surface area contributed by atoms with Crippen LogP contribution in [-0.2, 0) is 19.6 Å². The summed E-state index contributed by atoms with van der Waals surface area (Å²) in [5, 5.41) is 13.3. The van der Waals surface area contributed by atoms with Gasteiger partial charge in [0.25, 0.3) is 0 Å². The van der Waals surface area contributed by atoms with Gasteiger partial charge >= 0.3 is 0 Å². The monoisotopic (exact) mass is 437 g/mol. The molecular formula is C24H25ClFN5. The number of hydrogen-bond acceptors (Lipinski definition) is 3. The second kappa shape index (κ2) is 9.04. The molecule has 0 aliphatic rings. The van der Waals surface area contributed by atoms with Crippen LogP contribution in [0.4, 0.5) is 4.39 Å². The topological polar surface area (TPSA) is 47.7 Å². The fraction of sp³-hybridized carbons (Fsp3) is 0.250.